The van der Waals surface area contributed by atoms with Crippen molar-refractivity contribution in [3.05, 3.63) is 11.8 Å². The summed E-state index contributed by atoms with van der Waals surface area (Å²) in [5.74, 6) is -0.427. The van der Waals surface area contributed by atoms with Gasteiger partial charge >= 0.3 is 11.9 Å². The van der Waals surface area contributed by atoms with Crippen LogP contribution in [0, 0.1) is 6.92 Å². The molecule has 0 radical (unpaired) electrons. The van der Waals surface area contributed by atoms with Crippen molar-refractivity contribution in [2.45, 2.75) is 32.5 Å². The van der Waals surface area contributed by atoms with Gasteiger partial charge in [0.1, 0.15) is 11.9 Å². The monoisotopic (exact) mass is 328 g/mol. The van der Waals surface area contributed by atoms with Gasteiger partial charge in [0.2, 0.25) is 12.0 Å². The number of carbonyl (C=O) groups excluding carboxylic acids is 3. The molecule has 0 spiro atoms. The average molecular weight is 328 g/mol. The number of esters is 2. The van der Waals surface area contributed by atoms with Crippen molar-refractivity contribution in [1.29, 1.82) is 0 Å². The van der Waals surface area contributed by atoms with E-state index >= 15 is 0 Å². The quantitative estimate of drug-likeness (QED) is 0.768. The maximum atomic E-state index is 11.6. The number of thioether (sulfide) groups is 1. The lowest BCUT2D eigenvalue weighted by atomic mass is 10.2. The largest absolute Gasteiger partial charge is 0.460 e. The second-order valence-electron chi connectivity index (χ2n) is 4.83. The number of ether oxygens (including phenoxy) is 2. The molecule has 0 saturated carbocycles. The lowest BCUT2D eigenvalue weighted by molar-refractivity contribution is -0.159. The van der Waals surface area contributed by atoms with Gasteiger partial charge in [0.15, 0.2) is 5.82 Å². The fraction of sp³-hybridized carbons (Fsp3) is 0.538. The Morgan fingerprint density at radius 3 is 2.86 bits per heavy atom. The number of aromatic nitrogens is 1. The van der Waals surface area contributed by atoms with Crippen molar-refractivity contribution < 1.29 is 28.4 Å². The summed E-state index contributed by atoms with van der Waals surface area (Å²) in [6.07, 6.45) is -0.717. The molecule has 0 aromatic carbocycles. The lowest BCUT2D eigenvalue weighted by Crippen LogP contribution is -2.24. The zero-order valence-corrected chi connectivity index (χ0v) is 13.0. The Hall–Kier alpha value is -2.03. The van der Waals surface area contributed by atoms with Crippen LogP contribution in [0.15, 0.2) is 10.6 Å². The van der Waals surface area contributed by atoms with E-state index in [1.807, 2.05) is 0 Å². The van der Waals surface area contributed by atoms with E-state index in [0.717, 1.165) is 11.8 Å². The Bertz CT molecular complexity index is 573. The Morgan fingerprint density at radius 2 is 2.27 bits per heavy atom. The van der Waals surface area contributed by atoms with Crippen molar-refractivity contribution in [3.63, 3.8) is 0 Å². The summed E-state index contributed by atoms with van der Waals surface area (Å²) in [7, 11) is 0. The molecule has 0 unspecified atom stereocenters. The van der Waals surface area contributed by atoms with E-state index in [4.69, 9.17) is 14.0 Å². The summed E-state index contributed by atoms with van der Waals surface area (Å²) in [5.41, 5.74) is 0. The van der Waals surface area contributed by atoms with E-state index in [1.54, 1.807) is 19.9 Å². The predicted molar refractivity (Wildman–Crippen MR) is 77.2 cm³/mol. The maximum absolute atomic E-state index is 11.6. The van der Waals surface area contributed by atoms with Crippen LogP contribution in [0.2, 0.25) is 0 Å². The Balaban J connectivity index is 1.64. The molecule has 22 heavy (non-hydrogen) atoms. The number of aryl methyl sites for hydroxylation is 1. The molecule has 1 aliphatic heterocycles. The first-order valence-corrected chi connectivity index (χ1v) is 7.80. The van der Waals surface area contributed by atoms with Gasteiger partial charge in [-0.15, -0.1) is 11.8 Å². The first-order chi connectivity index (χ1) is 10.4. The maximum Gasteiger partial charge on any atom is 0.347 e. The third-order valence-corrected chi connectivity index (χ3v) is 3.65. The molecule has 1 N–H and O–H groups in total. The number of carbonyl (C=O) groups is 3. The van der Waals surface area contributed by atoms with Gasteiger partial charge in [0, 0.05) is 12.5 Å². The summed E-state index contributed by atoms with van der Waals surface area (Å²) >= 11 is 1.08. The summed E-state index contributed by atoms with van der Waals surface area (Å²) < 4.78 is 14.7. The third-order valence-electron chi connectivity index (χ3n) is 2.75. The van der Waals surface area contributed by atoms with Crippen molar-refractivity contribution in [1.82, 2.24) is 5.16 Å². The number of hydrogen-bond donors (Lipinski definition) is 1. The van der Waals surface area contributed by atoms with E-state index in [9.17, 15) is 14.4 Å². The van der Waals surface area contributed by atoms with Gasteiger partial charge in [0.05, 0.1) is 11.5 Å². The second kappa shape index (κ2) is 7.30. The molecule has 0 aliphatic carbocycles. The van der Waals surface area contributed by atoms with E-state index in [0.29, 0.717) is 18.0 Å². The molecular formula is C13H16N2O6S. The van der Waals surface area contributed by atoms with E-state index < -0.39 is 18.0 Å². The molecule has 1 saturated heterocycles. The second-order valence-corrected chi connectivity index (χ2v) is 5.81. The molecule has 1 aliphatic rings. The number of nitrogens with zero attached hydrogens (tertiary/aromatic N) is 1. The van der Waals surface area contributed by atoms with Crippen LogP contribution >= 0.6 is 11.8 Å². The number of rotatable bonds is 6. The standard InChI is InChI=1S/C13H16N2O6S/c1-7-3-9(13(18)19-7)20-12(17)6-22-5-11(16)14-10-4-8(2)21-15-10/h4,7,9H,3,5-6H2,1-2H3,(H,14,15,16)/t7-,9-/m1/s1. The summed E-state index contributed by atoms with van der Waals surface area (Å²) in [4.78, 5) is 34.5. The van der Waals surface area contributed by atoms with E-state index in [2.05, 4.69) is 10.5 Å². The first kappa shape index (κ1) is 16.3. The average Bonchev–Trinajstić information content (AvgIpc) is 2.95. The molecule has 2 rings (SSSR count). The van der Waals surface area contributed by atoms with Crippen LogP contribution in [-0.2, 0) is 23.9 Å². The highest BCUT2D eigenvalue weighted by atomic mass is 32.2. The van der Waals surface area contributed by atoms with Gasteiger partial charge in [-0.1, -0.05) is 5.16 Å². The van der Waals surface area contributed by atoms with Crippen LogP contribution in [0.5, 0.6) is 0 Å². The zero-order chi connectivity index (χ0) is 16.1. The molecule has 2 heterocycles. The molecule has 1 aromatic heterocycles. The summed E-state index contributed by atoms with van der Waals surface area (Å²) in [6.45, 7) is 3.44. The SMILES string of the molecule is Cc1cc(NC(=O)CSCC(=O)O[C@@H]2C[C@@H](C)OC2=O)no1. The van der Waals surface area contributed by atoms with Gasteiger partial charge in [0.25, 0.3) is 0 Å². The van der Waals surface area contributed by atoms with Crippen molar-refractivity contribution in [2.24, 2.45) is 0 Å². The van der Waals surface area contributed by atoms with Crippen LogP contribution in [0.3, 0.4) is 0 Å². The topological polar surface area (TPSA) is 108 Å². The van der Waals surface area contributed by atoms with Gasteiger partial charge in [-0.25, -0.2) is 4.79 Å². The summed E-state index contributed by atoms with van der Waals surface area (Å²) in [6, 6.07) is 1.59. The smallest absolute Gasteiger partial charge is 0.347 e. The van der Waals surface area contributed by atoms with Crippen LogP contribution in [0.25, 0.3) is 0 Å². The zero-order valence-electron chi connectivity index (χ0n) is 12.2. The van der Waals surface area contributed by atoms with Gasteiger partial charge in [-0.2, -0.15) is 0 Å². The molecule has 1 aromatic rings. The summed E-state index contributed by atoms with van der Waals surface area (Å²) in [5, 5.41) is 6.16. The predicted octanol–water partition coefficient (Wildman–Crippen LogP) is 0.902. The molecule has 1 amide bonds. The highest BCUT2D eigenvalue weighted by Gasteiger charge is 2.34. The van der Waals surface area contributed by atoms with Crippen LogP contribution in [-0.4, -0.2) is 46.7 Å². The van der Waals surface area contributed by atoms with E-state index in [-0.39, 0.29) is 23.5 Å². The van der Waals surface area contributed by atoms with Crippen molar-refractivity contribution in [3.8, 4) is 0 Å². The Kier molecular flexibility index (Phi) is 5.42. The molecule has 8 nitrogen and oxygen atoms in total. The fourth-order valence-electron chi connectivity index (χ4n) is 1.84. The Labute approximate surface area is 130 Å². The van der Waals surface area contributed by atoms with Gasteiger partial charge < -0.3 is 19.3 Å². The highest BCUT2D eigenvalue weighted by Crippen LogP contribution is 2.18. The third kappa shape index (κ3) is 4.76. The molecule has 1 fully saturated rings. The highest BCUT2D eigenvalue weighted by molar-refractivity contribution is 8.00. The molecule has 120 valence electrons. The molecule has 0 bridgehead atoms. The normalized spacial score (nSPS) is 20.5. The van der Waals surface area contributed by atoms with Crippen LogP contribution in [0.4, 0.5) is 5.82 Å². The van der Waals surface area contributed by atoms with Crippen molar-refractivity contribution >= 4 is 35.4 Å². The first-order valence-electron chi connectivity index (χ1n) is 6.65. The number of cyclic esters (lactones) is 1. The minimum atomic E-state index is -0.838. The minimum absolute atomic E-state index is 0.0244. The van der Waals surface area contributed by atoms with Gasteiger partial charge in [-0.05, 0) is 13.8 Å². The molecule has 2 atom stereocenters. The number of hydrogen-bond acceptors (Lipinski definition) is 8. The fourth-order valence-corrected chi connectivity index (χ4v) is 2.43. The van der Waals surface area contributed by atoms with Crippen LogP contribution in [0.1, 0.15) is 19.1 Å². The van der Waals surface area contributed by atoms with Crippen LogP contribution < -0.4 is 5.32 Å². The number of nitrogens with one attached hydrogen (secondary N) is 1. The lowest BCUT2D eigenvalue weighted by Gasteiger charge is -2.07. The molecular weight excluding hydrogens is 312 g/mol. The van der Waals surface area contributed by atoms with E-state index in [1.165, 1.54) is 0 Å². The minimum Gasteiger partial charge on any atom is -0.460 e. The molecule has 9 heteroatoms. The van der Waals surface area contributed by atoms with Crippen molar-refractivity contribution in [2.75, 3.05) is 16.8 Å². The van der Waals surface area contributed by atoms with Gasteiger partial charge in [-0.3, -0.25) is 9.59 Å². The number of amides is 1. The Morgan fingerprint density at radius 1 is 1.50 bits per heavy atom. The number of anilines is 1.